The van der Waals surface area contributed by atoms with E-state index in [2.05, 4.69) is 16.5 Å². The first-order valence-corrected chi connectivity index (χ1v) is 14.6. The van der Waals surface area contributed by atoms with Crippen LogP contribution in [0.3, 0.4) is 0 Å². The minimum atomic E-state index is -1.23. The van der Waals surface area contributed by atoms with Gasteiger partial charge in [-0.15, -0.1) is 0 Å². The van der Waals surface area contributed by atoms with Crippen LogP contribution in [0.1, 0.15) is 96.0 Å². The monoisotopic (exact) mass is 676 g/mol. The molecule has 0 aliphatic carbocycles. The predicted molar refractivity (Wildman–Crippen MR) is 177 cm³/mol. The van der Waals surface area contributed by atoms with Gasteiger partial charge in [-0.3, -0.25) is 14.6 Å². The Morgan fingerprint density at radius 1 is 0.913 bits per heavy atom. The van der Waals surface area contributed by atoms with Crippen molar-refractivity contribution in [2.75, 3.05) is 0 Å². The molecule has 0 fully saturated rings. The van der Waals surface area contributed by atoms with Gasteiger partial charge in [-0.25, -0.2) is 9.78 Å². The van der Waals surface area contributed by atoms with Crippen LogP contribution < -0.4 is 0 Å². The predicted octanol–water partition coefficient (Wildman–Crippen LogP) is 5.88. The van der Waals surface area contributed by atoms with Gasteiger partial charge in [0.15, 0.2) is 0 Å². The number of fused-ring (bicyclic) bond motifs is 8. The first-order chi connectivity index (χ1) is 20.9. The molecule has 3 aromatic heterocycles. The molecular formula is C34H37FeN4NaO6. The van der Waals surface area contributed by atoms with Gasteiger partial charge in [0.1, 0.15) is 0 Å². The van der Waals surface area contributed by atoms with Crippen molar-refractivity contribution in [1.29, 1.82) is 0 Å². The van der Waals surface area contributed by atoms with Crippen molar-refractivity contribution < 1.29 is 46.8 Å². The van der Waals surface area contributed by atoms with Crippen LogP contribution in [0.25, 0.3) is 39.3 Å². The molecular weight excluding hydrogens is 639 g/mol. The van der Waals surface area contributed by atoms with E-state index in [1.807, 2.05) is 45.9 Å². The average Bonchev–Trinajstić information content (AvgIpc) is 3.63. The van der Waals surface area contributed by atoms with E-state index in [9.17, 15) is 29.7 Å². The third kappa shape index (κ3) is 6.66. The van der Waals surface area contributed by atoms with Gasteiger partial charge >= 0.3 is 47.5 Å². The summed E-state index contributed by atoms with van der Waals surface area (Å²) in [7, 11) is 0. The molecule has 0 saturated heterocycles. The summed E-state index contributed by atoms with van der Waals surface area (Å²) in [5.41, 5.74) is 9.23. The summed E-state index contributed by atoms with van der Waals surface area (Å²) < 4.78 is 0. The number of carboxylic acids is 3. The van der Waals surface area contributed by atoms with Crippen LogP contribution in [0, 0.1) is 13.8 Å². The molecule has 5 rings (SSSR count). The number of hydrogen-bond acceptors (Lipinski definition) is 5. The molecule has 12 heteroatoms. The van der Waals surface area contributed by atoms with E-state index in [-0.39, 0.29) is 82.2 Å². The Morgan fingerprint density at radius 2 is 1.57 bits per heavy atom. The molecule has 8 bridgehead atoms. The number of rotatable bonds is 8. The molecule has 238 valence electrons. The number of nitrogens with zero attached hydrogens (tertiary/aromatic N) is 2. The van der Waals surface area contributed by atoms with Crippen molar-refractivity contribution in [3.05, 3.63) is 75.4 Å². The summed E-state index contributed by atoms with van der Waals surface area (Å²) >= 11 is 0. The van der Waals surface area contributed by atoms with E-state index >= 15 is 0 Å². The number of aromatic amines is 2. The summed E-state index contributed by atoms with van der Waals surface area (Å²) in [6.07, 6.45) is 2.03. The minimum absolute atomic E-state index is 0. The molecule has 0 saturated carbocycles. The van der Waals surface area contributed by atoms with Gasteiger partial charge in [0.25, 0.3) is 0 Å². The number of allylic oxidation sites excluding steroid dienone is 1. The zero-order valence-corrected chi connectivity index (χ0v) is 26.9. The van der Waals surface area contributed by atoms with Crippen LogP contribution >= 0.6 is 0 Å². The maximum atomic E-state index is 12.7. The van der Waals surface area contributed by atoms with Crippen LogP contribution in [0.5, 0.6) is 0 Å². The molecule has 46 heavy (non-hydrogen) atoms. The van der Waals surface area contributed by atoms with Gasteiger partial charge < -0.3 is 25.3 Å². The van der Waals surface area contributed by atoms with Crippen molar-refractivity contribution in [3.63, 3.8) is 0 Å². The Labute approximate surface area is 299 Å². The molecule has 0 aromatic carbocycles. The van der Waals surface area contributed by atoms with Crippen LogP contribution in [-0.4, -0.2) is 82.7 Å². The Balaban J connectivity index is 0.00000288. The Morgan fingerprint density at radius 3 is 2.15 bits per heavy atom. The zero-order chi connectivity index (χ0) is 32.0. The number of aromatic nitrogens is 4. The number of aliphatic carboxylic acids is 3. The zero-order valence-electron chi connectivity index (χ0n) is 25.8. The SMILES string of the molecule is C=Cc1c(C)c2cc3nc(c(CC(=O)O)c4nc(cc5[nH]c(cc1[nH]2)c(C)c5CC)C(C)=C4C(=O)O)[C@@H](CCC(=O)O)[C@@H]3C.[Fe].[NaH]. The van der Waals surface area contributed by atoms with Gasteiger partial charge in [-0.2, -0.15) is 0 Å². The second-order valence-electron chi connectivity index (χ2n) is 11.5. The number of hydrogen-bond donors (Lipinski definition) is 5. The third-order valence-corrected chi connectivity index (χ3v) is 8.94. The number of carbonyl (C=O) groups is 3. The molecule has 2 aliphatic heterocycles. The van der Waals surface area contributed by atoms with E-state index in [0.717, 1.165) is 44.3 Å². The molecule has 2 aliphatic rings. The summed E-state index contributed by atoms with van der Waals surface area (Å²) in [6, 6.07) is 5.75. The van der Waals surface area contributed by atoms with E-state index in [4.69, 9.17) is 9.97 Å². The summed E-state index contributed by atoms with van der Waals surface area (Å²) in [4.78, 5) is 53.2. The fourth-order valence-electron chi connectivity index (χ4n) is 6.53. The van der Waals surface area contributed by atoms with Gasteiger partial charge in [-0.05, 0) is 74.1 Å². The molecule has 0 unspecified atom stereocenters. The Hall–Kier alpha value is -3.47. The van der Waals surface area contributed by atoms with Crippen LogP contribution in [0.2, 0.25) is 0 Å². The summed E-state index contributed by atoms with van der Waals surface area (Å²) in [6.45, 7) is 13.7. The molecule has 0 radical (unpaired) electrons. The van der Waals surface area contributed by atoms with Crippen molar-refractivity contribution in [3.8, 4) is 0 Å². The number of carboxylic acid groups (broad SMARTS) is 3. The van der Waals surface area contributed by atoms with Gasteiger partial charge in [0, 0.05) is 74.2 Å². The summed E-state index contributed by atoms with van der Waals surface area (Å²) in [5.74, 6) is -4.13. The number of aryl methyl sites for hydroxylation is 3. The van der Waals surface area contributed by atoms with Gasteiger partial charge in [0.2, 0.25) is 0 Å². The van der Waals surface area contributed by atoms with E-state index in [1.165, 1.54) is 0 Å². The van der Waals surface area contributed by atoms with E-state index < -0.39 is 30.2 Å². The fraction of sp³-hybridized carbons (Fsp3) is 0.324. The second kappa shape index (κ2) is 14.5. The molecule has 2 atom stereocenters. The second-order valence-corrected chi connectivity index (χ2v) is 11.5. The van der Waals surface area contributed by atoms with Gasteiger partial charge in [0.05, 0.1) is 29.1 Å². The van der Waals surface area contributed by atoms with E-state index in [0.29, 0.717) is 29.1 Å². The van der Waals surface area contributed by atoms with Crippen molar-refractivity contribution >= 4 is 86.8 Å². The van der Waals surface area contributed by atoms with Crippen LogP contribution in [0.15, 0.2) is 24.8 Å². The van der Waals surface area contributed by atoms with E-state index in [1.54, 1.807) is 13.0 Å². The molecule has 0 spiro atoms. The molecule has 10 nitrogen and oxygen atoms in total. The molecule has 5 heterocycles. The van der Waals surface area contributed by atoms with Crippen LogP contribution in [0.4, 0.5) is 0 Å². The molecule has 3 aromatic rings. The standard InChI is InChI=1S/C34H36N4O6.Fe.Na.H/c1-7-19-15(3)23-12-25-17(5)21(9-10-29(39)40)32(37-25)22(11-30(41)42)33-31(34(43)44)18(6)26(38-33)14-28-20(8-2)16(4)24(36-28)13-27(19)35-23;;;/h7,12-14,17,21,35-36H,1,8-11H2,2-6H3,(H,39,40)(H,41,42)(H,43,44);;;/t17-,21-;;;/m0.../s1. The van der Waals surface area contributed by atoms with Crippen LogP contribution in [-0.2, 0) is 44.3 Å². The Kier molecular flexibility index (Phi) is 11.7. The maximum absolute atomic E-state index is 12.7. The normalized spacial score (nSPS) is 15.6. The number of nitrogens with one attached hydrogen (secondary N) is 2. The molecule has 0 amide bonds. The van der Waals surface area contributed by atoms with Crippen molar-refractivity contribution in [2.45, 2.75) is 72.1 Å². The average molecular weight is 677 g/mol. The van der Waals surface area contributed by atoms with Crippen molar-refractivity contribution in [1.82, 2.24) is 19.9 Å². The van der Waals surface area contributed by atoms with Crippen molar-refractivity contribution in [2.24, 2.45) is 0 Å². The number of H-pyrrole nitrogens is 2. The first-order valence-electron chi connectivity index (χ1n) is 14.6. The summed E-state index contributed by atoms with van der Waals surface area (Å²) in [5, 5.41) is 29.9. The first kappa shape index (κ1) is 37.0. The van der Waals surface area contributed by atoms with Gasteiger partial charge in [-0.1, -0.05) is 26.5 Å². The topological polar surface area (TPSA) is 169 Å². The third-order valence-electron chi connectivity index (χ3n) is 8.94. The Bertz CT molecular complexity index is 1960. The molecule has 5 N–H and O–H groups in total. The quantitative estimate of drug-likeness (QED) is 0.184. The fourth-order valence-corrected chi connectivity index (χ4v) is 6.53.